The second kappa shape index (κ2) is 11.9. The average molecular weight is 616 g/mol. The number of anilines is 3. The van der Waals surface area contributed by atoms with Gasteiger partial charge in [0.15, 0.2) is 0 Å². The van der Waals surface area contributed by atoms with Crippen LogP contribution in [-0.4, -0.2) is 0 Å². The van der Waals surface area contributed by atoms with Crippen molar-refractivity contribution in [2.75, 3.05) is 4.90 Å². The van der Waals surface area contributed by atoms with Gasteiger partial charge in [-0.1, -0.05) is 115 Å². The minimum atomic E-state index is 1.16. The van der Waals surface area contributed by atoms with Gasteiger partial charge in [-0.3, -0.25) is 0 Å². The molecular weight excluding hydrogens is 579 g/mol. The van der Waals surface area contributed by atoms with Gasteiger partial charge in [-0.25, -0.2) is 0 Å². The van der Waals surface area contributed by atoms with Crippen molar-refractivity contribution in [3.63, 3.8) is 0 Å². The van der Waals surface area contributed by atoms with Crippen LogP contribution in [0.4, 0.5) is 17.1 Å². The highest BCUT2D eigenvalue weighted by molar-refractivity contribution is 6.13. The molecule has 0 atom stereocenters. The lowest BCUT2D eigenvalue weighted by Crippen LogP contribution is -2.13. The Kier molecular flexibility index (Phi) is 7.05. The number of rotatable bonds is 5. The molecule has 0 saturated carbocycles. The molecule has 1 aliphatic carbocycles. The molecule has 0 radical (unpaired) electrons. The number of aryl methyl sites for hydroxylation is 3. The topological polar surface area (TPSA) is 3.24 Å². The Bertz CT molecular complexity index is 2450. The van der Waals surface area contributed by atoms with Crippen LogP contribution < -0.4 is 4.90 Å². The fourth-order valence-electron chi connectivity index (χ4n) is 7.82. The van der Waals surface area contributed by atoms with E-state index in [0.717, 1.165) is 6.42 Å². The third-order valence-electron chi connectivity index (χ3n) is 10.3. The number of hydrogen-bond donors (Lipinski definition) is 0. The Hall–Kier alpha value is -5.66. The van der Waals surface area contributed by atoms with Crippen LogP contribution in [0.25, 0.3) is 54.6 Å². The summed E-state index contributed by atoms with van der Waals surface area (Å²) in [5.41, 5.74) is 12.9. The molecule has 48 heavy (non-hydrogen) atoms. The van der Waals surface area contributed by atoms with E-state index in [4.69, 9.17) is 0 Å². The second-order valence-electron chi connectivity index (χ2n) is 13.3. The van der Waals surface area contributed by atoms with Gasteiger partial charge in [-0.05, 0) is 146 Å². The fraction of sp³-hybridized carbons (Fsp3) is 0.106. The second-order valence-corrected chi connectivity index (χ2v) is 13.3. The predicted molar refractivity (Wildman–Crippen MR) is 206 cm³/mol. The van der Waals surface area contributed by atoms with Gasteiger partial charge in [0.05, 0.1) is 0 Å². The van der Waals surface area contributed by atoms with Crippen molar-refractivity contribution in [1.82, 2.24) is 0 Å². The third-order valence-corrected chi connectivity index (χ3v) is 10.3. The van der Waals surface area contributed by atoms with E-state index in [1.54, 1.807) is 0 Å². The number of nitrogens with zero attached hydrogens (tertiary/aromatic N) is 1. The molecule has 0 bridgehead atoms. The smallest absolute Gasteiger partial charge is 0.0493 e. The highest BCUT2D eigenvalue weighted by Gasteiger charge is 2.19. The van der Waals surface area contributed by atoms with E-state index >= 15 is 0 Å². The summed E-state index contributed by atoms with van der Waals surface area (Å²) in [5.74, 6) is 0. The van der Waals surface area contributed by atoms with Crippen LogP contribution in [0.5, 0.6) is 0 Å². The van der Waals surface area contributed by atoms with E-state index in [1.165, 1.54) is 108 Å². The predicted octanol–water partition coefficient (Wildman–Crippen LogP) is 13.1. The van der Waals surface area contributed by atoms with Crippen molar-refractivity contribution in [3.05, 3.63) is 174 Å². The SMILES string of the molecule is Cc1cc2c(cc1N(c1ccc(-c3ccc4ccccc4c3)cc1)c1ccc(-c3cc4ccccc4c4ccccc34)cc1)CCCC2. The molecule has 8 aromatic rings. The molecule has 1 heteroatoms. The molecule has 0 spiro atoms. The minimum Gasteiger partial charge on any atom is -0.310 e. The molecule has 0 aromatic heterocycles. The number of hydrogen-bond acceptors (Lipinski definition) is 1. The van der Waals surface area contributed by atoms with Crippen LogP contribution in [0.15, 0.2) is 158 Å². The van der Waals surface area contributed by atoms with Gasteiger partial charge in [-0.15, -0.1) is 0 Å². The quantitative estimate of drug-likeness (QED) is 0.174. The zero-order chi connectivity index (χ0) is 32.0. The van der Waals surface area contributed by atoms with Crippen LogP contribution in [0.1, 0.15) is 29.5 Å². The third kappa shape index (κ3) is 5.04. The van der Waals surface area contributed by atoms with Crippen molar-refractivity contribution in [1.29, 1.82) is 0 Å². The Balaban J connectivity index is 1.15. The summed E-state index contributed by atoms with van der Waals surface area (Å²) in [7, 11) is 0. The zero-order valence-corrected chi connectivity index (χ0v) is 27.3. The molecule has 1 nitrogen and oxygen atoms in total. The lowest BCUT2D eigenvalue weighted by molar-refractivity contribution is 0.685. The van der Waals surface area contributed by atoms with Gasteiger partial charge < -0.3 is 4.90 Å². The first-order valence-corrected chi connectivity index (χ1v) is 17.2. The Morgan fingerprint density at radius 2 is 0.979 bits per heavy atom. The summed E-state index contributed by atoms with van der Waals surface area (Å²) in [5, 5.41) is 7.70. The standard InChI is InChI=1S/C47H37N/c1-32-28-36-11-4-5-13-38(36)31-47(32)48(41-24-20-34(21-25-41)39-19-18-33-10-2-3-12-37(33)29-39)42-26-22-35(23-27-42)46-30-40-14-6-7-15-43(40)44-16-8-9-17-45(44)46/h2-3,6-10,12,14-31H,4-5,11,13H2,1H3. The normalized spacial score (nSPS) is 12.8. The molecule has 1 aliphatic rings. The van der Waals surface area contributed by atoms with Crippen LogP contribution >= 0.6 is 0 Å². The summed E-state index contributed by atoms with van der Waals surface area (Å²) >= 11 is 0. The monoisotopic (exact) mass is 615 g/mol. The van der Waals surface area contributed by atoms with E-state index in [2.05, 4.69) is 170 Å². The van der Waals surface area contributed by atoms with E-state index < -0.39 is 0 Å². The summed E-state index contributed by atoms with van der Waals surface area (Å²) in [6.07, 6.45) is 4.90. The molecule has 0 unspecified atom stereocenters. The first-order chi connectivity index (χ1) is 23.7. The molecule has 8 aromatic carbocycles. The Morgan fingerprint density at radius 3 is 1.71 bits per heavy atom. The van der Waals surface area contributed by atoms with Gasteiger partial charge in [-0.2, -0.15) is 0 Å². The Morgan fingerprint density at radius 1 is 0.417 bits per heavy atom. The molecule has 0 fully saturated rings. The molecule has 0 saturated heterocycles. The highest BCUT2D eigenvalue weighted by Crippen LogP contribution is 2.42. The van der Waals surface area contributed by atoms with Crippen LogP contribution in [0, 0.1) is 6.92 Å². The van der Waals surface area contributed by atoms with Crippen molar-refractivity contribution in [2.45, 2.75) is 32.6 Å². The fourth-order valence-corrected chi connectivity index (χ4v) is 7.82. The first kappa shape index (κ1) is 28.6. The van der Waals surface area contributed by atoms with Crippen LogP contribution in [-0.2, 0) is 12.8 Å². The van der Waals surface area contributed by atoms with Gasteiger partial charge in [0, 0.05) is 17.1 Å². The Labute approximate surface area is 282 Å². The zero-order valence-electron chi connectivity index (χ0n) is 27.3. The van der Waals surface area contributed by atoms with Crippen LogP contribution in [0.3, 0.4) is 0 Å². The lowest BCUT2D eigenvalue weighted by atomic mass is 9.89. The maximum Gasteiger partial charge on any atom is 0.0493 e. The minimum absolute atomic E-state index is 1.16. The van der Waals surface area contributed by atoms with Gasteiger partial charge in [0.1, 0.15) is 0 Å². The largest absolute Gasteiger partial charge is 0.310 e. The van der Waals surface area contributed by atoms with Crippen molar-refractivity contribution in [2.24, 2.45) is 0 Å². The molecule has 0 aliphatic heterocycles. The van der Waals surface area contributed by atoms with E-state index in [1.807, 2.05) is 0 Å². The maximum absolute atomic E-state index is 2.46. The van der Waals surface area contributed by atoms with Crippen molar-refractivity contribution < 1.29 is 0 Å². The molecule has 230 valence electrons. The molecule has 9 rings (SSSR count). The summed E-state index contributed by atoms with van der Waals surface area (Å²) in [4.78, 5) is 2.46. The van der Waals surface area contributed by atoms with E-state index in [9.17, 15) is 0 Å². The van der Waals surface area contributed by atoms with Crippen LogP contribution in [0.2, 0.25) is 0 Å². The maximum atomic E-state index is 2.46. The van der Waals surface area contributed by atoms with Crippen molar-refractivity contribution in [3.8, 4) is 22.3 Å². The molecule has 0 amide bonds. The molecular formula is C47H37N. The summed E-state index contributed by atoms with van der Waals surface area (Å²) < 4.78 is 0. The summed E-state index contributed by atoms with van der Waals surface area (Å²) in [6.45, 7) is 2.27. The summed E-state index contributed by atoms with van der Waals surface area (Å²) in [6, 6.07) is 58.4. The van der Waals surface area contributed by atoms with Gasteiger partial charge in [0.25, 0.3) is 0 Å². The van der Waals surface area contributed by atoms with Gasteiger partial charge >= 0.3 is 0 Å². The number of benzene rings is 8. The highest BCUT2D eigenvalue weighted by atomic mass is 15.1. The van der Waals surface area contributed by atoms with Crippen molar-refractivity contribution >= 4 is 49.4 Å². The molecule has 0 N–H and O–H groups in total. The van der Waals surface area contributed by atoms with Gasteiger partial charge in [0.2, 0.25) is 0 Å². The number of fused-ring (bicyclic) bond motifs is 5. The lowest BCUT2D eigenvalue weighted by Gasteiger charge is -2.29. The van der Waals surface area contributed by atoms with E-state index in [0.29, 0.717) is 0 Å². The van der Waals surface area contributed by atoms with E-state index in [-0.39, 0.29) is 0 Å². The first-order valence-electron chi connectivity index (χ1n) is 17.2. The average Bonchev–Trinajstić information content (AvgIpc) is 3.15. The molecule has 0 heterocycles.